The molecule has 2 saturated heterocycles. The Kier molecular flexibility index (Phi) is 5.44. The maximum atomic E-state index is 13.0. The molecule has 2 amide bonds. The van der Waals surface area contributed by atoms with Crippen molar-refractivity contribution in [2.45, 2.75) is 37.8 Å². The number of benzene rings is 1. The van der Waals surface area contributed by atoms with Gasteiger partial charge in [-0.3, -0.25) is 9.59 Å². The molecule has 1 aliphatic carbocycles. The number of aromatic hydroxyl groups is 1. The van der Waals surface area contributed by atoms with Gasteiger partial charge in [0.25, 0.3) is 5.91 Å². The molecule has 2 heterocycles. The van der Waals surface area contributed by atoms with Gasteiger partial charge in [0, 0.05) is 25.7 Å². The lowest BCUT2D eigenvalue weighted by atomic mass is 9.98. The van der Waals surface area contributed by atoms with Gasteiger partial charge >= 0.3 is 0 Å². The molecular weight excluding hydrogens is 354 g/mol. The van der Waals surface area contributed by atoms with E-state index in [-0.39, 0.29) is 41.6 Å². The number of amides is 2. The van der Waals surface area contributed by atoms with E-state index in [1.807, 2.05) is 4.90 Å². The van der Waals surface area contributed by atoms with Crippen molar-refractivity contribution in [2.75, 3.05) is 19.6 Å². The Morgan fingerprint density at radius 2 is 1.88 bits per heavy atom. The molecule has 3 aliphatic rings. The Labute approximate surface area is 159 Å². The van der Waals surface area contributed by atoms with Crippen LogP contribution in [0.15, 0.2) is 24.3 Å². The normalized spacial score (nSPS) is 30.2. The highest BCUT2D eigenvalue weighted by molar-refractivity contribution is 6.00. The quantitative estimate of drug-likeness (QED) is 0.817. The zero-order valence-corrected chi connectivity index (χ0v) is 15.5. The molecule has 6 nitrogen and oxygen atoms in total. The van der Waals surface area contributed by atoms with Crippen LogP contribution in [0.1, 0.15) is 36.0 Å². The second-order valence-electron chi connectivity index (χ2n) is 7.58. The second kappa shape index (κ2) is 7.45. The van der Waals surface area contributed by atoms with Crippen molar-refractivity contribution in [3.05, 3.63) is 29.8 Å². The maximum absolute atomic E-state index is 13.0. The first-order valence-electron chi connectivity index (χ1n) is 9.19. The predicted octanol–water partition coefficient (Wildman–Crippen LogP) is 1.61. The van der Waals surface area contributed by atoms with Crippen LogP contribution < -0.4 is 5.73 Å². The number of carbonyl (C=O) groups excluding carboxylic acids is 2. The molecule has 4 unspecified atom stereocenters. The van der Waals surface area contributed by atoms with Gasteiger partial charge < -0.3 is 20.6 Å². The summed E-state index contributed by atoms with van der Waals surface area (Å²) >= 11 is 0. The van der Waals surface area contributed by atoms with Crippen molar-refractivity contribution in [3.8, 4) is 5.75 Å². The van der Waals surface area contributed by atoms with Crippen LogP contribution in [0.25, 0.3) is 0 Å². The van der Waals surface area contributed by atoms with Gasteiger partial charge in [-0.05, 0) is 49.7 Å². The first-order chi connectivity index (χ1) is 12.1. The molecule has 2 aliphatic heterocycles. The van der Waals surface area contributed by atoms with Crippen molar-refractivity contribution in [1.82, 2.24) is 9.80 Å². The summed E-state index contributed by atoms with van der Waals surface area (Å²) in [6.45, 7) is 2.05. The van der Waals surface area contributed by atoms with Crippen LogP contribution in [0, 0.1) is 11.8 Å². The Hall–Kier alpha value is -1.79. The molecule has 7 heteroatoms. The number of likely N-dealkylation sites (tertiary alicyclic amines) is 2. The molecule has 142 valence electrons. The van der Waals surface area contributed by atoms with Crippen LogP contribution in [-0.4, -0.2) is 58.4 Å². The number of phenolic OH excluding ortho intramolecular Hbond substituents is 1. The van der Waals surface area contributed by atoms with E-state index < -0.39 is 6.04 Å². The maximum Gasteiger partial charge on any atom is 0.258 e. The molecule has 1 aromatic rings. The van der Waals surface area contributed by atoms with Gasteiger partial charge in [0.05, 0.1) is 5.56 Å². The molecule has 3 fully saturated rings. The number of carbonyl (C=O) groups is 2. The van der Waals surface area contributed by atoms with E-state index in [4.69, 9.17) is 5.73 Å². The number of rotatable bonds is 2. The van der Waals surface area contributed by atoms with E-state index >= 15 is 0 Å². The Bertz CT molecular complexity index is 698. The smallest absolute Gasteiger partial charge is 0.258 e. The monoisotopic (exact) mass is 379 g/mol. The van der Waals surface area contributed by atoms with Gasteiger partial charge in [-0.15, -0.1) is 12.4 Å². The summed E-state index contributed by atoms with van der Waals surface area (Å²) in [5, 5.41) is 9.96. The highest BCUT2D eigenvalue weighted by Crippen LogP contribution is 2.38. The number of nitrogens with two attached hydrogens (primary N) is 1. The van der Waals surface area contributed by atoms with Gasteiger partial charge in [0.2, 0.25) is 5.91 Å². The SMILES string of the molecule is Cl.NC1CCC2CN(C(=O)C3CCCN3C(=O)c3ccccc3O)CC12. The van der Waals surface area contributed by atoms with Gasteiger partial charge in [-0.25, -0.2) is 0 Å². The number of para-hydroxylation sites is 1. The van der Waals surface area contributed by atoms with Gasteiger partial charge in [0.1, 0.15) is 11.8 Å². The predicted molar refractivity (Wildman–Crippen MR) is 100 cm³/mol. The number of fused-ring (bicyclic) bond motifs is 1. The van der Waals surface area contributed by atoms with Gasteiger partial charge in [0.15, 0.2) is 0 Å². The highest BCUT2D eigenvalue weighted by atomic mass is 35.5. The number of halogens is 1. The molecule has 0 aromatic heterocycles. The fourth-order valence-corrected chi connectivity index (χ4v) is 4.77. The number of hydrogen-bond acceptors (Lipinski definition) is 4. The molecule has 0 bridgehead atoms. The van der Waals surface area contributed by atoms with Gasteiger partial charge in [-0.1, -0.05) is 12.1 Å². The number of nitrogens with zero attached hydrogens (tertiary/aromatic N) is 2. The lowest BCUT2D eigenvalue weighted by Gasteiger charge is -2.29. The van der Waals surface area contributed by atoms with Crippen LogP contribution >= 0.6 is 12.4 Å². The lowest BCUT2D eigenvalue weighted by molar-refractivity contribution is -0.134. The summed E-state index contributed by atoms with van der Waals surface area (Å²) < 4.78 is 0. The molecule has 3 N–H and O–H groups in total. The summed E-state index contributed by atoms with van der Waals surface area (Å²) in [5.41, 5.74) is 6.44. The Morgan fingerprint density at radius 3 is 2.62 bits per heavy atom. The van der Waals surface area contributed by atoms with E-state index in [2.05, 4.69) is 0 Å². The van der Waals surface area contributed by atoms with Crippen LogP contribution in [0.5, 0.6) is 5.75 Å². The molecule has 4 rings (SSSR count). The standard InChI is InChI=1S/C19H25N3O3.ClH/c20-15-8-7-12-10-21(11-14(12)15)19(25)16-5-3-9-22(16)18(24)13-4-1-2-6-17(13)23;/h1-2,4,6,12,14-16,23H,3,5,7-11,20H2;1H. The summed E-state index contributed by atoms with van der Waals surface area (Å²) in [5.74, 6) is 0.676. The third kappa shape index (κ3) is 3.16. The molecule has 0 radical (unpaired) electrons. The molecule has 1 aromatic carbocycles. The van der Waals surface area contributed by atoms with E-state index in [9.17, 15) is 14.7 Å². The third-order valence-electron chi connectivity index (χ3n) is 6.16. The van der Waals surface area contributed by atoms with Crippen LogP contribution in [-0.2, 0) is 4.79 Å². The molecular formula is C19H26ClN3O3. The van der Waals surface area contributed by atoms with Crippen molar-refractivity contribution >= 4 is 24.2 Å². The highest BCUT2D eigenvalue weighted by Gasteiger charge is 2.45. The average Bonchev–Trinajstić information content (AvgIpc) is 3.31. The first-order valence-corrected chi connectivity index (χ1v) is 9.19. The molecule has 1 saturated carbocycles. The molecule has 26 heavy (non-hydrogen) atoms. The summed E-state index contributed by atoms with van der Waals surface area (Å²) in [7, 11) is 0. The van der Waals surface area contributed by atoms with Crippen LogP contribution in [0.2, 0.25) is 0 Å². The van der Waals surface area contributed by atoms with Crippen LogP contribution in [0.4, 0.5) is 0 Å². The average molecular weight is 380 g/mol. The van der Waals surface area contributed by atoms with Crippen molar-refractivity contribution in [1.29, 1.82) is 0 Å². The summed E-state index contributed by atoms with van der Waals surface area (Å²) in [6.07, 6.45) is 3.66. The zero-order valence-electron chi connectivity index (χ0n) is 14.7. The van der Waals surface area contributed by atoms with Crippen molar-refractivity contribution < 1.29 is 14.7 Å². The van der Waals surface area contributed by atoms with Gasteiger partial charge in [-0.2, -0.15) is 0 Å². The first kappa shape index (κ1) is 19.0. The molecule has 0 spiro atoms. The fraction of sp³-hybridized carbons (Fsp3) is 0.579. The van der Waals surface area contributed by atoms with E-state index in [1.165, 1.54) is 6.07 Å². The number of phenols is 1. The third-order valence-corrected chi connectivity index (χ3v) is 6.16. The molecule has 4 atom stereocenters. The summed E-state index contributed by atoms with van der Waals surface area (Å²) in [6, 6.07) is 6.31. The zero-order chi connectivity index (χ0) is 17.6. The Balaban J connectivity index is 0.00000196. The van der Waals surface area contributed by atoms with E-state index in [0.717, 1.165) is 32.4 Å². The summed E-state index contributed by atoms with van der Waals surface area (Å²) in [4.78, 5) is 29.4. The minimum absolute atomic E-state index is 0. The van der Waals surface area contributed by atoms with E-state index in [1.54, 1.807) is 23.1 Å². The fourth-order valence-electron chi connectivity index (χ4n) is 4.77. The lowest BCUT2D eigenvalue weighted by Crippen LogP contribution is -2.47. The largest absolute Gasteiger partial charge is 0.507 e. The minimum atomic E-state index is -0.415. The van der Waals surface area contributed by atoms with Crippen molar-refractivity contribution in [3.63, 3.8) is 0 Å². The topological polar surface area (TPSA) is 86.9 Å². The second-order valence-corrected chi connectivity index (χ2v) is 7.58. The Morgan fingerprint density at radius 1 is 1.12 bits per heavy atom. The van der Waals surface area contributed by atoms with Crippen LogP contribution in [0.3, 0.4) is 0 Å². The van der Waals surface area contributed by atoms with E-state index in [0.29, 0.717) is 24.8 Å². The minimum Gasteiger partial charge on any atom is -0.507 e. The number of hydrogen-bond donors (Lipinski definition) is 2. The van der Waals surface area contributed by atoms with Crippen molar-refractivity contribution in [2.24, 2.45) is 17.6 Å².